The Morgan fingerprint density at radius 3 is 1.67 bits per heavy atom. The van der Waals surface area contributed by atoms with Crippen LogP contribution in [0.4, 0.5) is 72.8 Å². The molecular weight excluding hydrogens is 678 g/mol. The number of nitro groups is 1. The van der Waals surface area contributed by atoms with Crippen LogP contribution in [-0.4, -0.2) is 51.3 Å². The summed E-state index contributed by atoms with van der Waals surface area (Å²) in [6, 6.07) is 4.72. The highest BCUT2D eigenvalue weighted by Crippen LogP contribution is 2.55. The van der Waals surface area contributed by atoms with E-state index in [1.807, 2.05) is 5.32 Å². The number of carbonyl (C=O) groups is 1. The first-order valence-corrected chi connectivity index (χ1v) is 12.8. The molecule has 0 spiro atoms. The molecule has 0 radical (unpaired) electrons. The third kappa shape index (κ3) is 7.85. The Morgan fingerprint density at radius 1 is 0.738 bits per heavy atom. The van der Waals surface area contributed by atoms with Crippen LogP contribution in [-0.2, 0) is 4.79 Å². The van der Waals surface area contributed by atoms with Crippen LogP contribution in [0, 0.1) is 10.1 Å². The van der Waals surface area contributed by atoms with Gasteiger partial charge in [-0.1, -0.05) is 6.07 Å². The molecule has 0 atom stereocenters. The maximum absolute atomic E-state index is 13.6. The first-order chi connectivity index (χ1) is 18.8. The third-order valence-electron chi connectivity index (χ3n) is 4.54. The summed E-state index contributed by atoms with van der Waals surface area (Å²) in [5, 5.41) is 1.91. The normalized spacial score (nSPS) is 13.7. The third-order valence-corrected chi connectivity index (χ3v) is 7.61. The fraction of sp³-hybridized carbons (Fsp3) is 0.350. The van der Waals surface area contributed by atoms with Crippen molar-refractivity contribution in [2.24, 2.45) is 0 Å². The first kappa shape index (κ1) is 35.6. The largest absolute Gasteiger partial charge is 0.460 e. The number of hydrogen-bond acceptors (Lipinski definition) is 6. The Kier molecular flexibility index (Phi) is 10.3. The highest BCUT2D eigenvalue weighted by atomic mass is 32.2. The lowest BCUT2D eigenvalue weighted by molar-refractivity contribution is -0.387. The van der Waals surface area contributed by atoms with Gasteiger partial charge in [0.25, 0.3) is 5.69 Å². The van der Waals surface area contributed by atoms with Gasteiger partial charge in [-0.2, -0.15) is 61.5 Å². The molecule has 0 saturated heterocycles. The molecule has 0 aliphatic heterocycles. The summed E-state index contributed by atoms with van der Waals surface area (Å²) in [5.74, 6) is -14.7. The lowest BCUT2D eigenvalue weighted by atomic mass is 10.3. The van der Waals surface area contributed by atoms with Gasteiger partial charge in [0, 0.05) is 21.5 Å². The number of nitrogens with zero attached hydrogens (tertiary/aromatic N) is 1. The molecule has 234 valence electrons. The number of carbonyl (C=O) groups excluding carboxylic acids is 1. The van der Waals surface area contributed by atoms with Crippen molar-refractivity contribution < 1.29 is 71.2 Å². The number of hydrogen-bond donors (Lipinski definition) is 1. The summed E-state index contributed by atoms with van der Waals surface area (Å²) in [4.78, 5) is 19.9. The molecule has 0 aliphatic rings. The molecule has 0 bridgehead atoms. The fourth-order valence-electron chi connectivity index (χ4n) is 2.56. The van der Waals surface area contributed by atoms with Crippen LogP contribution in [0.3, 0.4) is 0 Å². The smallest absolute Gasteiger partial charge is 0.325 e. The van der Waals surface area contributed by atoms with Crippen molar-refractivity contribution in [1.29, 1.82) is 0 Å². The molecule has 2 aromatic carbocycles. The van der Waals surface area contributed by atoms with Gasteiger partial charge in [0.05, 0.1) is 15.6 Å². The molecule has 0 aliphatic carbocycles. The molecule has 1 N–H and O–H groups in total. The van der Waals surface area contributed by atoms with Gasteiger partial charge in [-0.25, -0.2) is 0 Å². The molecule has 42 heavy (non-hydrogen) atoms. The van der Waals surface area contributed by atoms with Crippen molar-refractivity contribution in [3.05, 3.63) is 52.6 Å². The van der Waals surface area contributed by atoms with Gasteiger partial charge in [-0.15, -0.1) is 11.8 Å². The Morgan fingerprint density at radius 2 is 1.21 bits per heavy atom. The second-order valence-corrected chi connectivity index (χ2v) is 11.0. The predicted molar refractivity (Wildman–Crippen MR) is 123 cm³/mol. The van der Waals surface area contributed by atoms with E-state index in [4.69, 9.17) is 0 Å². The zero-order chi connectivity index (χ0) is 32.5. The predicted octanol–water partition coefficient (Wildman–Crippen LogP) is 9.09. The van der Waals surface area contributed by atoms with E-state index in [1.54, 1.807) is 0 Å². The zero-order valence-corrected chi connectivity index (χ0v) is 21.9. The summed E-state index contributed by atoms with van der Waals surface area (Å²) in [7, 11) is 0. The van der Waals surface area contributed by atoms with Crippen molar-refractivity contribution in [3.63, 3.8) is 0 Å². The molecule has 0 saturated carbocycles. The van der Waals surface area contributed by atoms with Crippen LogP contribution in [0.15, 0.2) is 57.2 Å². The lowest BCUT2D eigenvalue weighted by Crippen LogP contribution is -2.49. The van der Waals surface area contributed by atoms with Crippen LogP contribution >= 0.6 is 35.3 Å². The van der Waals surface area contributed by atoms with Crippen molar-refractivity contribution in [3.8, 4) is 0 Å². The second-order valence-electron chi connectivity index (χ2n) is 7.63. The average molecular weight is 688 g/mol. The summed E-state index contributed by atoms with van der Waals surface area (Å²) < 4.78 is 181. The monoisotopic (exact) mass is 688 g/mol. The highest BCUT2D eigenvalue weighted by molar-refractivity contribution is 8.01. The van der Waals surface area contributed by atoms with E-state index in [0.717, 1.165) is 18.2 Å². The van der Waals surface area contributed by atoms with E-state index in [-0.39, 0.29) is 11.8 Å². The minimum atomic E-state index is -6.65. The number of thioether (sulfide) groups is 3. The molecule has 2 rings (SSSR count). The van der Waals surface area contributed by atoms with Crippen molar-refractivity contribution in [2.45, 2.75) is 49.4 Å². The SMILES string of the molecule is O=C(CSc1ccc(SC(F)(F)C(F)(F)C(F)(F)F)cc1[N+](=O)[O-])Nc1cccc(SC(F)(F)C(F)(F)C(F)(F)F)c1. The minimum absolute atomic E-state index is 0.253. The van der Waals surface area contributed by atoms with E-state index in [2.05, 4.69) is 0 Å². The zero-order valence-electron chi connectivity index (χ0n) is 19.4. The highest BCUT2D eigenvalue weighted by Gasteiger charge is 2.74. The van der Waals surface area contributed by atoms with Gasteiger partial charge in [0.2, 0.25) is 5.91 Å². The molecule has 22 heteroatoms. The molecule has 0 aromatic heterocycles. The number of nitro benzene ring substituents is 1. The number of anilines is 1. The summed E-state index contributed by atoms with van der Waals surface area (Å²) in [6.45, 7) is 0. The van der Waals surface area contributed by atoms with Gasteiger partial charge >= 0.3 is 34.7 Å². The van der Waals surface area contributed by atoms with E-state index in [1.165, 1.54) is 0 Å². The fourth-order valence-corrected chi connectivity index (χ4v) is 5.08. The van der Waals surface area contributed by atoms with Gasteiger partial charge < -0.3 is 5.32 Å². The second kappa shape index (κ2) is 12.2. The Hall–Kier alpha value is -2.62. The summed E-state index contributed by atoms with van der Waals surface area (Å²) in [6.07, 6.45) is -13.2. The van der Waals surface area contributed by atoms with Crippen molar-refractivity contribution in [2.75, 3.05) is 11.1 Å². The van der Waals surface area contributed by atoms with Crippen molar-refractivity contribution >= 4 is 52.6 Å². The lowest BCUT2D eigenvalue weighted by Gasteiger charge is -2.27. The maximum Gasteiger partial charge on any atom is 0.460 e. The average Bonchev–Trinajstić information content (AvgIpc) is 2.81. The van der Waals surface area contributed by atoms with Crippen LogP contribution in [0.2, 0.25) is 0 Å². The van der Waals surface area contributed by atoms with Gasteiger partial charge in [0.1, 0.15) is 0 Å². The molecule has 1 amide bonds. The number of halogens is 14. The first-order valence-electron chi connectivity index (χ1n) is 10.2. The standard InChI is InChI=1S/C20H10F14N2O3S3/c21-15(22,17(25,26)27)19(31,32)41-10-3-1-2-9(6-10)35-14(37)8-40-13-5-4-11(7-12(13)36(38)39)42-20(33,34)16(23,24)18(28,29)30/h1-7H,8H2,(H,35,37). The minimum Gasteiger partial charge on any atom is -0.325 e. The molecule has 0 heterocycles. The van der Waals surface area contributed by atoms with Gasteiger partial charge in [0.15, 0.2) is 0 Å². The Bertz CT molecular complexity index is 1320. The van der Waals surface area contributed by atoms with Crippen LogP contribution in [0.25, 0.3) is 0 Å². The molecular formula is C20H10F14N2O3S3. The van der Waals surface area contributed by atoms with Gasteiger partial charge in [-0.05, 0) is 53.9 Å². The van der Waals surface area contributed by atoms with Crippen LogP contribution in [0.5, 0.6) is 0 Å². The summed E-state index contributed by atoms with van der Waals surface area (Å²) >= 11 is -2.13. The molecule has 2 aromatic rings. The van der Waals surface area contributed by atoms with E-state index < -0.39 is 95.2 Å². The number of rotatable bonds is 11. The number of alkyl halides is 14. The molecule has 0 unspecified atom stereocenters. The molecule has 0 fully saturated rings. The van der Waals surface area contributed by atoms with Gasteiger partial charge in [-0.3, -0.25) is 14.9 Å². The Labute approximate surface area is 236 Å². The number of nitrogens with one attached hydrogen (secondary N) is 1. The van der Waals surface area contributed by atoms with E-state index >= 15 is 0 Å². The van der Waals surface area contributed by atoms with Crippen LogP contribution < -0.4 is 5.32 Å². The van der Waals surface area contributed by atoms with Crippen molar-refractivity contribution in [1.82, 2.24) is 0 Å². The maximum atomic E-state index is 13.6. The summed E-state index contributed by atoms with van der Waals surface area (Å²) in [5.41, 5.74) is -1.46. The topological polar surface area (TPSA) is 72.2 Å². The van der Waals surface area contributed by atoms with Crippen LogP contribution in [0.1, 0.15) is 0 Å². The number of amides is 1. The van der Waals surface area contributed by atoms with E-state index in [9.17, 15) is 76.4 Å². The Balaban J connectivity index is 2.14. The molecule has 5 nitrogen and oxygen atoms in total. The van der Waals surface area contributed by atoms with E-state index in [0.29, 0.717) is 30.0 Å². The number of benzene rings is 2. The quantitative estimate of drug-likeness (QED) is 0.110.